The van der Waals surface area contributed by atoms with Gasteiger partial charge in [0.1, 0.15) is 5.01 Å². The lowest BCUT2D eigenvalue weighted by atomic mass is 10.2. The summed E-state index contributed by atoms with van der Waals surface area (Å²) in [5.74, 6) is 0. The molecule has 8 heteroatoms. The average molecular weight is 332 g/mol. The summed E-state index contributed by atoms with van der Waals surface area (Å²) in [7, 11) is -3.63. The van der Waals surface area contributed by atoms with Crippen molar-refractivity contribution in [3.63, 3.8) is 0 Å². The van der Waals surface area contributed by atoms with Gasteiger partial charge in [-0.15, -0.1) is 11.3 Å². The lowest BCUT2D eigenvalue weighted by molar-refractivity contribution is 0.581. The summed E-state index contributed by atoms with van der Waals surface area (Å²) < 4.78 is 26.9. The van der Waals surface area contributed by atoms with Crippen LogP contribution in [0, 0.1) is 13.8 Å². The van der Waals surface area contributed by atoms with E-state index in [-0.39, 0.29) is 17.1 Å². The molecule has 20 heavy (non-hydrogen) atoms. The number of benzene rings is 1. The molecule has 3 N–H and O–H groups in total. The van der Waals surface area contributed by atoms with Crippen molar-refractivity contribution in [3.8, 4) is 0 Å². The normalized spacial score (nSPS) is 11.8. The predicted octanol–water partition coefficient (Wildman–Crippen LogP) is 2.47. The summed E-state index contributed by atoms with van der Waals surface area (Å²) >= 11 is 7.38. The molecule has 0 spiro atoms. The van der Waals surface area contributed by atoms with Crippen molar-refractivity contribution < 1.29 is 8.42 Å². The summed E-state index contributed by atoms with van der Waals surface area (Å²) in [5, 5.41) is 1.09. The number of hydrogen-bond donors (Lipinski definition) is 2. The maximum absolute atomic E-state index is 12.2. The molecule has 1 aromatic heterocycles. The highest BCUT2D eigenvalue weighted by Gasteiger charge is 2.17. The highest BCUT2D eigenvalue weighted by molar-refractivity contribution is 7.89. The Labute approximate surface area is 126 Å². The second kappa shape index (κ2) is 5.69. The van der Waals surface area contributed by atoms with E-state index in [1.807, 2.05) is 6.92 Å². The van der Waals surface area contributed by atoms with Crippen LogP contribution in [0.1, 0.15) is 15.4 Å². The average Bonchev–Trinajstić information content (AvgIpc) is 2.79. The Kier molecular flexibility index (Phi) is 4.33. The summed E-state index contributed by atoms with van der Waals surface area (Å²) in [6.07, 6.45) is 1.71. The van der Waals surface area contributed by atoms with Gasteiger partial charge in [-0.3, -0.25) is 0 Å². The molecule has 0 radical (unpaired) electrons. The van der Waals surface area contributed by atoms with Gasteiger partial charge in [-0.05, 0) is 31.5 Å². The zero-order valence-electron chi connectivity index (χ0n) is 11.0. The van der Waals surface area contributed by atoms with Crippen LogP contribution in [0.2, 0.25) is 5.02 Å². The van der Waals surface area contributed by atoms with Crippen LogP contribution in [0.5, 0.6) is 0 Å². The molecule has 1 aromatic carbocycles. The lowest BCUT2D eigenvalue weighted by Gasteiger charge is -2.09. The second-order valence-corrected chi connectivity index (χ2v) is 7.80. The lowest BCUT2D eigenvalue weighted by Crippen LogP contribution is -2.23. The summed E-state index contributed by atoms with van der Waals surface area (Å²) in [6.45, 7) is 3.78. The SMILES string of the molecule is Cc1cnc(CNS(=O)(=O)c2cc(C)c(Cl)c(N)c2)s1. The molecular formula is C12H14ClN3O2S2. The monoisotopic (exact) mass is 331 g/mol. The molecule has 0 aliphatic heterocycles. The minimum absolute atomic E-state index is 0.102. The number of rotatable bonds is 4. The number of nitrogen functional groups attached to an aromatic ring is 1. The highest BCUT2D eigenvalue weighted by atomic mass is 35.5. The molecule has 0 atom stereocenters. The number of nitrogens with two attached hydrogens (primary N) is 1. The van der Waals surface area contributed by atoms with Gasteiger partial charge in [-0.1, -0.05) is 11.6 Å². The Morgan fingerprint density at radius 3 is 2.65 bits per heavy atom. The van der Waals surface area contributed by atoms with Gasteiger partial charge in [-0.2, -0.15) is 0 Å². The smallest absolute Gasteiger partial charge is 0.241 e. The van der Waals surface area contributed by atoms with Crippen molar-refractivity contribution in [1.29, 1.82) is 0 Å². The van der Waals surface area contributed by atoms with Crippen LogP contribution in [0.15, 0.2) is 23.2 Å². The first kappa shape index (κ1) is 15.2. The largest absolute Gasteiger partial charge is 0.397 e. The highest BCUT2D eigenvalue weighted by Crippen LogP contribution is 2.26. The number of anilines is 1. The molecule has 1 heterocycles. The third kappa shape index (κ3) is 3.29. The van der Waals surface area contributed by atoms with Crippen LogP contribution in [0.3, 0.4) is 0 Å². The summed E-state index contributed by atoms with van der Waals surface area (Å²) in [5.41, 5.74) is 6.56. The van der Waals surface area contributed by atoms with Crippen LogP contribution in [-0.4, -0.2) is 13.4 Å². The van der Waals surface area contributed by atoms with Gasteiger partial charge in [0.2, 0.25) is 10.0 Å². The first-order valence-electron chi connectivity index (χ1n) is 5.76. The topological polar surface area (TPSA) is 85.1 Å². The third-order valence-electron chi connectivity index (χ3n) is 2.65. The zero-order valence-corrected chi connectivity index (χ0v) is 13.4. The fraction of sp³-hybridized carbons (Fsp3) is 0.250. The number of thiazole rings is 1. The third-order valence-corrected chi connectivity index (χ3v) is 5.46. The molecule has 0 fully saturated rings. The summed E-state index contributed by atoms with van der Waals surface area (Å²) in [4.78, 5) is 5.24. The molecule has 5 nitrogen and oxygen atoms in total. The van der Waals surface area contributed by atoms with E-state index in [0.29, 0.717) is 15.6 Å². The van der Waals surface area contributed by atoms with Gasteiger partial charge in [0, 0.05) is 11.1 Å². The Balaban J connectivity index is 2.22. The summed E-state index contributed by atoms with van der Waals surface area (Å²) in [6, 6.07) is 2.85. The van der Waals surface area contributed by atoms with Gasteiger partial charge in [0.15, 0.2) is 0 Å². The first-order chi connectivity index (χ1) is 9.29. The van der Waals surface area contributed by atoms with Crippen LogP contribution in [0.4, 0.5) is 5.69 Å². The molecule has 2 rings (SSSR count). The van der Waals surface area contributed by atoms with Crippen molar-refractivity contribution in [2.24, 2.45) is 0 Å². The Bertz CT molecular complexity index is 718. The first-order valence-corrected chi connectivity index (χ1v) is 8.44. The van der Waals surface area contributed by atoms with Crippen molar-refractivity contribution in [3.05, 3.63) is 38.8 Å². The van der Waals surface area contributed by atoms with Crippen molar-refractivity contribution in [2.75, 3.05) is 5.73 Å². The minimum Gasteiger partial charge on any atom is -0.397 e. The molecule has 0 saturated heterocycles. The number of sulfonamides is 1. The molecule has 2 aromatic rings. The molecule has 108 valence electrons. The molecule has 0 bridgehead atoms. The van der Waals surface area contributed by atoms with E-state index in [2.05, 4.69) is 9.71 Å². The molecule has 0 aliphatic rings. The van der Waals surface area contributed by atoms with Crippen molar-refractivity contribution >= 4 is 38.6 Å². The fourth-order valence-corrected chi connectivity index (χ4v) is 3.68. The van der Waals surface area contributed by atoms with E-state index in [4.69, 9.17) is 17.3 Å². The quantitative estimate of drug-likeness (QED) is 0.843. The van der Waals surface area contributed by atoms with Gasteiger partial charge in [0.05, 0.1) is 22.2 Å². The molecule has 0 unspecified atom stereocenters. The van der Waals surface area contributed by atoms with Gasteiger partial charge in [-0.25, -0.2) is 18.1 Å². The number of nitrogens with zero attached hydrogens (tertiary/aromatic N) is 1. The van der Waals surface area contributed by atoms with E-state index in [1.54, 1.807) is 13.1 Å². The van der Waals surface area contributed by atoms with Crippen molar-refractivity contribution in [1.82, 2.24) is 9.71 Å². The minimum atomic E-state index is -3.63. The van der Waals surface area contributed by atoms with Gasteiger partial charge >= 0.3 is 0 Å². The Morgan fingerprint density at radius 1 is 1.40 bits per heavy atom. The molecule has 0 amide bonds. The Morgan fingerprint density at radius 2 is 2.10 bits per heavy atom. The van der Waals surface area contributed by atoms with E-state index >= 15 is 0 Å². The van der Waals surface area contributed by atoms with Crippen LogP contribution in [0.25, 0.3) is 0 Å². The number of aromatic nitrogens is 1. The van der Waals surface area contributed by atoms with E-state index in [0.717, 1.165) is 4.88 Å². The van der Waals surface area contributed by atoms with Crippen LogP contribution in [-0.2, 0) is 16.6 Å². The van der Waals surface area contributed by atoms with Crippen LogP contribution >= 0.6 is 22.9 Å². The van der Waals surface area contributed by atoms with E-state index < -0.39 is 10.0 Å². The van der Waals surface area contributed by atoms with E-state index in [1.165, 1.54) is 23.5 Å². The number of hydrogen-bond acceptors (Lipinski definition) is 5. The fourth-order valence-electron chi connectivity index (χ4n) is 1.64. The van der Waals surface area contributed by atoms with Gasteiger partial charge in [0.25, 0.3) is 0 Å². The van der Waals surface area contributed by atoms with E-state index in [9.17, 15) is 8.42 Å². The number of nitrogens with one attached hydrogen (secondary N) is 1. The maximum Gasteiger partial charge on any atom is 0.241 e. The molecule has 0 aliphatic carbocycles. The molecular weight excluding hydrogens is 318 g/mol. The Hall–Kier alpha value is -1.15. The van der Waals surface area contributed by atoms with Crippen molar-refractivity contribution in [2.45, 2.75) is 25.3 Å². The maximum atomic E-state index is 12.2. The van der Waals surface area contributed by atoms with Gasteiger partial charge < -0.3 is 5.73 Å². The zero-order chi connectivity index (χ0) is 14.9. The second-order valence-electron chi connectivity index (χ2n) is 4.33. The number of aryl methyl sites for hydroxylation is 2. The number of halogens is 1. The standard InChI is InChI=1S/C12H14ClN3O2S2/c1-7-3-9(4-10(14)12(7)13)20(17,18)16-6-11-15-5-8(2)19-11/h3-5,16H,6,14H2,1-2H3. The predicted molar refractivity (Wildman–Crippen MR) is 81.5 cm³/mol. The van der Waals surface area contributed by atoms with Crippen LogP contribution < -0.4 is 10.5 Å². The molecule has 0 saturated carbocycles.